The maximum Gasteiger partial charge on any atom is 0.270 e. The first kappa shape index (κ1) is 30.2. The zero-order valence-corrected chi connectivity index (χ0v) is 25.2. The lowest BCUT2D eigenvalue weighted by molar-refractivity contribution is -0.132. The van der Waals surface area contributed by atoms with E-state index in [1.807, 2.05) is 46.7 Å². The molecule has 43 heavy (non-hydrogen) atoms. The number of likely N-dealkylation sites (tertiary alicyclic amines) is 1. The van der Waals surface area contributed by atoms with Crippen molar-refractivity contribution in [1.82, 2.24) is 15.2 Å². The van der Waals surface area contributed by atoms with Crippen molar-refractivity contribution in [2.75, 3.05) is 26.7 Å². The highest BCUT2D eigenvalue weighted by Gasteiger charge is 2.27. The summed E-state index contributed by atoms with van der Waals surface area (Å²) in [7, 11) is 1.58. The first-order chi connectivity index (χ1) is 21.0. The molecule has 2 amide bonds. The second-order valence-electron chi connectivity index (χ2n) is 10.8. The molecule has 0 unspecified atom stereocenters. The molecular formula is C35H37N3O4S. The van der Waals surface area contributed by atoms with Crippen LogP contribution in [-0.2, 0) is 4.79 Å². The van der Waals surface area contributed by atoms with E-state index in [4.69, 9.17) is 4.74 Å². The summed E-state index contributed by atoms with van der Waals surface area (Å²) in [5.74, 6) is 0.911. The number of hydrogen-bond donors (Lipinski definition) is 1. The van der Waals surface area contributed by atoms with Crippen LogP contribution >= 0.6 is 11.3 Å². The lowest BCUT2D eigenvalue weighted by Gasteiger charge is -2.31. The Morgan fingerprint density at radius 3 is 2.14 bits per heavy atom. The molecule has 1 saturated heterocycles. The number of ether oxygens (including phenoxy) is 1. The Morgan fingerprint density at radius 1 is 0.907 bits per heavy atom. The Balaban J connectivity index is 1.07. The molecule has 1 N–H and O–H groups in total. The van der Waals surface area contributed by atoms with E-state index < -0.39 is 0 Å². The third kappa shape index (κ3) is 7.96. The van der Waals surface area contributed by atoms with Gasteiger partial charge in [0, 0.05) is 55.3 Å². The van der Waals surface area contributed by atoms with Gasteiger partial charge in [-0.2, -0.15) is 0 Å². The monoisotopic (exact) mass is 595 g/mol. The van der Waals surface area contributed by atoms with Crippen LogP contribution in [0.25, 0.3) is 0 Å². The fraction of sp³-hybridized carbons (Fsp3) is 0.314. The van der Waals surface area contributed by atoms with E-state index in [9.17, 15) is 14.4 Å². The lowest BCUT2D eigenvalue weighted by Crippen LogP contribution is -2.38. The first-order valence-corrected chi connectivity index (χ1v) is 15.7. The number of rotatable bonds is 12. The largest absolute Gasteiger partial charge is 0.497 e. The van der Waals surface area contributed by atoms with Crippen LogP contribution in [0.4, 0.5) is 0 Å². The Labute approximate surface area is 256 Å². The molecule has 1 aliphatic heterocycles. The van der Waals surface area contributed by atoms with Crippen LogP contribution in [0.15, 0.2) is 90.3 Å². The summed E-state index contributed by atoms with van der Waals surface area (Å²) in [4.78, 5) is 44.8. The van der Waals surface area contributed by atoms with Gasteiger partial charge in [0.2, 0.25) is 5.91 Å². The molecule has 0 saturated carbocycles. The molecule has 2 heterocycles. The summed E-state index contributed by atoms with van der Waals surface area (Å²) >= 11 is 1.51. The number of thiazole rings is 1. The molecule has 1 aromatic heterocycles. The minimum absolute atomic E-state index is 0.00354. The number of carbonyl (C=O) groups excluding carboxylic acids is 3. The molecule has 5 rings (SSSR count). The Hall–Kier alpha value is -4.30. The van der Waals surface area contributed by atoms with Crippen LogP contribution in [0, 0.1) is 0 Å². The van der Waals surface area contributed by atoms with Gasteiger partial charge in [-0.25, -0.2) is 4.98 Å². The minimum Gasteiger partial charge on any atom is -0.497 e. The van der Waals surface area contributed by atoms with E-state index in [0.29, 0.717) is 36.6 Å². The van der Waals surface area contributed by atoms with Crippen LogP contribution in [0.1, 0.15) is 80.9 Å². The van der Waals surface area contributed by atoms with Crippen molar-refractivity contribution >= 4 is 28.9 Å². The predicted octanol–water partition coefficient (Wildman–Crippen LogP) is 6.47. The predicted molar refractivity (Wildman–Crippen MR) is 169 cm³/mol. The van der Waals surface area contributed by atoms with E-state index in [1.54, 1.807) is 31.4 Å². The zero-order chi connectivity index (χ0) is 30.0. The van der Waals surface area contributed by atoms with Gasteiger partial charge in [0.1, 0.15) is 11.4 Å². The number of methoxy groups -OCH3 is 1. The standard InChI is InChI=1S/C35H37N3O4S/c1-42-29-14-12-27(13-15-29)32(39)16-17-33(40)38-22-19-28(20-23-38)35-37-31(24-43-35)34(41)36-21-18-30(25-8-4-2-5-9-25)26-10-6-3-7-11-26/h2-15,24,28,30H,16-23H2,1H3,(H,36,41). The van der Waals surface area contributed by atoms with Crippen LogP contribution in [-0.4, -0.2) is 54.2 Å². The number of carbonyl (C=O) groups is 3. The first-order valence-electron chi connectivity index (χ1n) is 14.8. The molecule has 222 valence electrons. The van der Waals surface area contributed by atoms with Crippen molar-refractivity contribution in [3.05, 3.63) is 118 Å². The van der Waals surface area contributed by atoms with E-state index >= 15 is 0 Å². The summed E-state index contributed by atoms with van der Waals surface area (Å²) in [6, 6.07) is 27.7. The number of nitrogens with zero attached hydrogens (tertiary/aromatic N) is 2. The number of benzene rings is 3. The molecule has 7 nitrogen and oxygen atoms in total. The second-order valence-corrected chi connectivity index (χ2v) is 11.7. The maximum absolute atomic E-state index is 12.9. The highest BCUT2D eigenvalue weighted by atomic mass is 32.1. The van der Waals surface area contributed by atoms with E-state index in [2.05, 4.69) is 34.6 Å². The molecule has 0 radical (unpaired) electrons. The topological polar surface area (TPSA) is 88.6 Å². The van der Waals surface area contributed by atoms with Crippen LogP contribution in [0.5, 0.6) is 5.75 Å². The lowest BCUT2D eigenvalue weighted by atomic mass is 9.88. The van der Waals surface area contributed by atoms with Crippen molar-refractivity contribution in [3.63, 3.8) is 0 Å². The number of aromatic nitrogens is 1. The number of Topliss-reactive ketones (excluding diaryl/α,β-unsaturated/α-hetero) is 1. The zero-order valence-electron chi connectivity index (χ0n) is 24.4. The van der Waals surface area contributed by atoms with Gasteiger partial charge in [0.05, 0.1) is 12.1 Å². The van der Waals surface area contributed by atoms with Gasteiger partial charge >= 0.3 is 0 Å². The van der Waals surface area contributed by atoms with Gasteiger partial charge in [-0.05, 0) is 54.7 Å². The molecule has 1 aliphatic rings. The van der Waals surface area contributed by atoms with Gasteiger partial charge in [-0.3, -0.25) is 14.4 Å². The van der Waals surface area contributed by atoms with Crippen molar-refractivity contribution in [2.45, 2.75) is 43.9 Å². The summed E-state index contributed by atoms with van der Waals surface area (Å²) in [5, 5.41) is 5.84. The van der Waals surface area contributed by atoms with Crippen LogP contribution in [0.3, 0.4) is 0 Å². The fourth-order valence-electron chi connectivity index (χ4n) is 5.57. The van der Waals surface area contributed by atoms with Crippen molar-refractivity contribution in [1.29, 1.82) is 0 Å². The molecule has 0 aliphatic carbocycles. The van der Waals surface area contributed by atoms with Gasteiger partial charge in [-0.15, -0.1) is 11.3 Å². The third-order valence-electron chi connectivity index (χ3n) is 8.05. The molecule has 0 atom stereocenters. The number of hydrogen-bond acceptors (Lipinski definition) is 6. The molecule has 1 fully saturated rings. The van der Waals surface area contributed by atoms with Crippen LogP contribution < -0.4 is 10.1 Å². The summed E-state index contributed by atoms with van der Waals surface area (Å²) in [6.45, 7) is 1.80. The molecule has 0 bridgehead atoms. The average Bonchev–Trinajstić information content (AvgIpc) is 3.57. The fourth-order valence-corrected chi connectivity index (χ4v) is 6.54. The number of nitrogens with one attached hydrogen (secondary N) is 1. The van der Waals surface area contributed by atoms with E-state index in [0.717, 1.165) is 24.3 Å². The summed E-state index contributed by atoms with van der Waals surface area (Å²) in [6.07, 6.45) is 2.76. The molecule has 8 heteroatoms. The molecule has 3 aromatic carbocycles. The quantitative estimate of drug-likeness (QED) is 0.190. The van der Waals surface area contributed by atoms with Crippen molar-refractivity contribution in [2.24, 2.45) is 0 Å². The smallest absolute Gasteiger partial charge is 0.270 e. The molecular weight excluding hydrogens is 558 g/mol. The van der Waals surface area contributed by atoms with Crippen LogP contribution in [0.2, 0.25) is 0 Å². The van der Waals surface area contributed by atoms with Crippen molar-refractivity contribution in [3.8, 4) is 5.75 Å². The highest BCUT2D eigenvalue weighted by Crippen LogP contribution is 2.31. The summed E-state index contributed by atoms with van der Waals surface area (Å²) in [5.41, 5.74) is 3.50. The number of amides is 2. The molecule has 0 spiro atoms. The number of piperidine rings is 1. The Kier molecular flexibility index (Phi) is 10.3. The maximum atomic E-state index is 12.9. The van der Waals surface area contributed by atoms with Gasteiger partial charge < -0.3 is 15.0 Å². The van der Waals surface area contributed by atoms with E-state index in [-0.39, 0.29) is 42.3 Å². The number of ketones is 1. The Bertz CT molecular complexity index is 1460. The Morgan fingerprint density at radius 2 is 1.53 bits per heavy atom. The third-order valence-corrected chi connectivity index (χ3v) is 9.06. The normalized spacial score (nSPS) is 13.6. The van der Waals surface area contributed by atoms with Crippen molar-refractivity contribution < 1.29 is 19.1 Å². The summed E-state index contributed by atoms with van der Waals surface area (Å²) < 4.78 is 5.14. The SMILES string of the molecule is COc1ccc(C(=O)CCC(=O)N2CCC(c3nc(C(=O)NCCC(c4ccccc4)c4ccccc4)cs3)CC2)cc1. The van der Waals surface area contributed by atoms with Gasteiger partial charge in [0.25, 0.3) is 5.91 Å². The van der Waals surface area contributed by atoms with Gasteiger partial charge in [-0.1, -0.05) is 60.7 Å². The average molecular weight is 596 g/mol. The minimum atomic E-state index is -0.156. The van der Waals surface area contributed by atoms with E-state index in [1.165, 1.54) is 22.5 Å². The van der Waals surface area contributed by atoms with Gasteiger partial charge in [0.15, 0.2) is 5.78 Å². The second kappa shape index (κ2) is 14.7. The highest BCUT2D eigenvalue weighted by molar-refractivity contribution is 7.09. The molecule has 4 aromatic rings.